The fourth-order valence-corrected chi connectivity index (χ4v) is 4.26. The summed E-state index contributed by atoms with van der Waals surface area (Å²) >= 11 is 0. The van der Waals surface area contributed by atoms with Crippen molar-refractivity contribution in [1.29, 1.82) is 0 Å². The Morgan fingerprint density at radius 3 is 2.57 bits per heavy atom. The Bertz CT molecular complexity index is 946. The summed E-state index contributed by atoms with van der Waals surface area (Å²) in [6.07, 6.45) is 0.204. The molecule has 2 atom stereocenters. The lowest BCUT2D eigenvalue weighted by Gasteiger charge is -2.40. The van der Waals surface area contributed by atoms with Crippen LogP contribution in [0.2, 0.25) is 0 Å². The number of imide groups is 1. The fraction of sp³-hybridized carbons (Fsp3) is 0.476. The molecule has 30 heavy (non-hydrogen) atoms. The van der Waals surface area contributed by atoms with Gasteiger partial charge in [-0.25, -0.2) is 14.2 Å². The monoisotopic (exact) mass is 415 g/mol. The summed E-state index contributed by atoms with van der Waals surface area (Å²) in [6, 6.07) is 5.05. The molecule has 3 aliphatic rings. The minimum atomic E-state index is -0.656. The number of nitrogens with zero attached hydrogens (tertiary/aromatic N) is 5. The van der Waals surface area contributed by atoms with Crippen molar-refractivity contribution in [2.75, 3.05) is 27.3 Å². The van der Waals surface area contributed by atoms with Crippen LogP contribution >= 0.6 is 0 Å². The van der Waals surface area contributed by atoms with Crippen LogP contribution in [0, 0.1) is 5.82 Å². The van der Waals surface area contributed by atoms with Gasteiger partial charge < -0.3 is 14.5 Å². The lowest BCUT2D eigenvalue weighted by Crippen LogP contribution is -2.64. The Labute approximate surface area is 175 Å². The molecule has 2 unspecified atom stereocenters. The molecule has 0 bridgehead atoms. The van der Waals surface area contributed by atoms with Crippen LogP contribution < -0.4 is 0 Å². The van der Waals surface area contributed by atoms with E-state index in [1.165, 1.54) is 11.0 Å². The van der Waals surface area contributed by atoms with Crippen molar-refractivity contribution in [3.8, 4) is 0 Å². The number of allylic oxidation sites excluding steroid dienone is 2. The quantitative estimate of drug-likeness (QED) is 0.667. The Balaban J connectivity index is 1.63. The first-order valence-corrected chi connectivity index (χ1v) is 9.99. The number of ether oxygens (including phenoxy) is 1. The minimum Gasteiger partial charge on any atom is -0.385 e. The molecule has 8 nitrogen and oxygen atoms in total. The number of rotatable bonds is 6. The molecule has 0 radical (unpaired) electrons. The van der Waals surface area contributed by atoms with E-state index in [1.807, 2.05) is 18.7 Å². The maximum atomic E-state index is 14.2. The van der Waals surface area contributed by atoms with Gasteiger partial charge in [0.25, 0.3) is 5.91 Å². The average Bonchev–Trinajstić information content (AvgIpc) is 3.22. The maximum Gasteiger partial charge on any atom is 0.328 e. The zero-order valence-electron chi connectivity index (χ0n) is 17.6. The van der Waals surface area contributed by atoms with E-state index in [0.717, 1.165) is 22.7 Å². The molecule has 4 rings (SSSR count). The van der Waals surface area contributed by atoms with Gasteiger partial charge in [0.1, 0.15) is 5.82 Å². The first kappa shape index (κ1) is 20.3. The SMILES string of the molecule is COCCCN1C2=NC3C(C(=O)N(Cc4ccccc4F)C(=O)N3C)N2C(C)=C1C. The highest BCUT2D eigenvalue weighted by Gasteiger charge is 2.55. The number of hydrogen-bond acceptors (Lipinski definition) is 6. The number of methoxy groups -OCH3 is 1. The molecule has 160 valence electrons. The fourth-order valence-electron chi connectivity index (χ4n) is 4.26. The highest BCUT2D eigenvalue weighted by atomic mass is 19.1. The molecule has 3 amide bonds. The first-order valence-electron chi connectivity index (χ1n) is 9.99. The summed E-state index contributed by atoms with van der Waals surface area (Å²) in [5, 5.41) is 0. The van der Waals surface area contributed by atoms with E-state index in [2.05, 4.69) is 4.90 Å². The van der Waals surface area contributed by atoms with Gasteiger partial charge in [0, 0.05) is 44.3 Å². The first-order chi connectivity index (χ1) is 14.4. The average molecular weight is 415 g/mol. The third-order valence-electron chi connectivity index (χ3n) is 6.02. The molecule has 0 aliphatic carbocycles. The van der Waals surface area contributed by atoms with E-state index >= 15 is 0 Å². The van der Waals surface area contributed by atoms with Gasteiger partial charge in [-0.3, -0.25) is 14.6 Å². The number of hydrogen-bond donors (Lipinski definition) is 0. The van der Waals surface area contributed by atoms with Gasteiger partial charge in [-0.15, -0.1) is 0 Å². The molecule has 0 saturated carbocycles. The van der Waals surface area contributed by atoms with Crippen LogP contribution in [0.4, 0.5) is 9.18 Å². The second-order valence-electron chi connectivity index (χ2n) is 7.74. The van der Waals surface area contributed by atoms with E-state index in [-0.39, 0.29) is 12.5 Å². The third-order valence-corrected chi connectivity index (χ3v) is 6.02. The summed E-state index contributed by atoms with van der Waals surface area (Å²) in [5.41, 5.74) is 2.26. The number of urea groups is 1. The second kappa shape index (κ2) is 7.71. The summed E-state index contributed by atoms with van der Waals surface area (Å²) in [7, 11) is 3.30. The van der Waals surface area contributed by atoms with Gasteiger partial charge >= 0.3 is 6.03 Å². The molecule has 0 N–H and O–H groups in total. The predicted octanol–water partition coefficient (Wildman–Crippen LogP) is 2.19. The number of guanidine groups is 1. The summed E-state index contributed by atoms with van der Waals surface area (Å²) in [5.74, 6) is -0.128. The molecule has 0 aromatic heterocycles. The van der Waals surface area contributed by atoms with Crippen molar-refractivity contribution < 1.29 is 18.7 Å². The van der Waals surface area contributed by atoms with E-state index in [0.29, 0.717) is 24.7 Å². The number of fused-ring (bicyclic) bond motifs is 3. The molecule has 3 aliphatic heterocycles. The largest absolute Gasteiger partial charge is 0.385 e. The molecule has 0 spiro atoms. The Morgan fingerprint density at radius 2 is 1.87 bits per heavy atom. The van der Waals surface area contributed by atoms with Crippen molar-refractivity contribution in [2.45, 2.75) is 39.0 Å². The number of likely N-dealkylation sites (N-methyl/N-ethyl adjacent to an activating group) is 1. The molecule has 3 heterocycles. The highest BCUT2D eigenvalue weighted by molar-refractivity contribution is 6.05. The number of carbonyl (C=O) groups is 2. The van der Waals surface area contributed by atoms with Crippen LogP contribution in [0.3, 0.4) is 0 Å². The highest BCUT2D eigenvalue weighted by Crippen LogP contribution is 2.38. The smallest absolute Gasteiger partial charge is 0.328 e. The van der Waals surface area contributed by atoms with E-state index in [1.54, 1.807) is 32.4 Å². The molecular weight excluding hydrogens is 389 g/mol. The zero-order chi connectivity index (χ0) is 21.6. The Kier molecular flexibility index (Phi) is 5.23. The number of amides is 3. The van der Waals surface area contributed by atoms with Crippen LogP contribution in [0.5, 0.6) is 0 Å². The van der Waals surface area contributed by atoms with E-state index in [9.17, 15) is 14.0 Å². The number of aliphatic imine (C=N–C) groups is 1. The van der Waals surface area contributed by atoms with E-state index in [4.69, 9.17) is 9.73 Å². The summed E-state index contributed by atoms with van der Waals surface area (Å²) in [4.78, 5) is 37.7. The van der Waals surface area contributed by atoms with Gasteiger partial charge in [0.05, 0.1) is 6.54 Å². The number of halogens is 1. The van der Waals surface area contributed by atoms with Crippen molar-refractivity contribution in [3.63, 3.8) is 0 Å². The standard InChI is InChI=1S/C21H26FN5O3/c1-13-14(2)27-17-18(23-20(27)25(13)10-7-11-30-4)24(3)21(29)26(19(17)28)12-15-8-5-6-9-16(15)22/h5-6,8-9,17-18H,7,10-12H2,1-4H3. The van der Waals surface area contributed by atoms with Crippen LogP contribution in [-0.4, -0.2) is 77.0 Å². The normalized spacial score (nSPS) is 23.4. The molecule has 9 heteroatoms. The van der Waals surface area contributed by atoms with Gasteiger partial charge in [-0.1, -0.05) is 18.2 Å². The lowest BCUT2D eigenvalue weighted by atomic mass is 10.1. The molecule has 1 fully saturated rings. The second-order valence-corrected chi connectivity index (χ2v) is 7.74. The molecular formula is C21H26FN5O3. The Morgan fingerprint density at radius 1 is 1.13 bits per heavy atom. The van der Waals surface area contributed by atoms with Crippen molar-refractivity contribution in [2.24, 2.45) is 4.99 Å². The minimum absolute atomic E-state index is 0.111. The summed E-state index contributed by atoms with van der Waals surface area (Å²) in [6.45, 7) is 5.17. The van der Waals surface area contributed by atoms with Crippen molar-refractivity contribution >= 4 is 17.9 Å². The predicted molar refractivity (Wildman–Crippen MR) is 109 cm³/mol. The van der Waals surface area contributed by atoms with Gasteiger partial charge in [0.2, 0.25) is 5.96 Å². The molecule has 1 aromatic rings. The van der Waals surface area contributed by atoms with Crippen LogP contribution in [0.1, 0.15) is 25.8 Å². The van der Waals surface area contributed by atoms with Gasteiger partial charge in [-0.2, -0.15) is 0 Å². The summed E-state index contributed by atoms with van der Waals surface area (Å²) < 4.78 is 19.3. The van der Waals surface area contributed by atoms with Crippen molar-refractivity contribution in [3.05, 3.63) is 47.0 Å². The van der Waals surface area contributed by atoms with Crippen molar-refractivity contribution in [1.82, 2.24) is 19.6 Å². The maximum absolute atomic E-state index is 14.2. The Hall–Kier alpha value is -2.94. The number of benzene rings is 1. The molecule has 1 saturated heterocycles. The molecule has 1 aromatic carbocycles. The topological polar surface area (TPSA) is 68.7 Å². The number of carbonyl (C=O) groups excluding carboxylic acids is 2. The van der Waals surface area contributed by atoms with Gasteiger partial charge in [0.15, 0.2) is 12.2 Å². The lowest BCUT2D eigenvalue weighted by molar-refractivity contribution is -0.137. The van der Waals surface area contributed by atoms with Crippen LogP contribution in [0.15, 0.2) is 40.7 Å². The zero-order valence-corrected chi connectivity index (χ0v) is 17.6. The third kappa shape index (κ3) is 3.04. The van der Waals surface area contributed by atoms with E-state index < -0.39 is 24.1 Å². The van der Waals surface area contributed by atoms with Gasteiger partial charge in [-0.05, 0) is 26.3 Å². The van der Waals surface area contributed by atoms with Crippen LogP contribution in [0.25, 0.3) is 0 Å². The van der Waals surface area contributed by atoms with Crippen LogP contribution in [-0.2, 0) is 16.1 Å².